The normalized spacial score (nSPS) is 14.0. The van der Waals surface area contributed by atoms with E-state index in [1.165, 1.54) is 25.3 Å². The molecule has 3 aromatic carbocycles. The largest absolute Gasteiger partial charge is 0.497 e. The van der Waals surface area contributed by atoms with Gasteiger partial charge in [-0.15, -0.1) is 0 Å². The molecule has 1 unspecified atom stereocenters. The maximum absolute atomic E-state index is 13.9. The van der Waals surface area contributed by atoms with E-state index in [4.69, 9.17) is 14.2 Å². The van der Waals surface area contributed by atoms with Crippen molar-refractivity contribution in [3.05, 3.63) is 94.0 Å². The number of amides is 2. The number of carbonyl (C=O) groups excluding carboxylic acids is 2. The number of ether oxygens (including phenoxy) is 3. The number of benzene rings is 3. The van der Waals surface area contributed by atoms with E-state index in [-0.39, 0.29) is 42.3 Å². The molecule has 0 spiro atoms. The van der Waals surface area contributed by atoms with E-state index < -0.39 is 16.9 Å². The van der Waals surface area contributed by atoms with Crippen LogP contribution in [0.3, 0.4) is 0 Å². The molecular formula is C32H37N3O7. The molecule has 4 rings (SSSR count). The van der Waals surface area contributed by atoms with E-state index in [9.17, 15) is 19.7 Å². The van der Waals surface area contributed by atoms with E-state index >= 15 is 0 Å². The fourth-order valence-electron chi connectivity index (χ4n) is 5.19. The van der Waals surface area contributed by atoms with E-state index in [0.29, 0.717) is 12.2 Å². The molecule has 1 atom stereocenters. The average Bonchev–Trinajstić information content (AvgIpc) is 3.02. The van der Waals surface area contributed by atoms with Gasteiger partial charge in [0.15, 0.2) is 6.61 Å². The van der Waals surface area contributed by atoms with Crippen LogP contribution in [-0.2, 0) is 22.6 Å². The Kier molecular flexibility index (Phi) is 10.7. The van der Waals surface area contributed by atoms with Crippen molar-refractivity contribution in [2.75, 3.05) is 20.8 Å². The van der Waals surface area contributed by atoms with Crippen molar-refractivity contribution in [2.45, 2.75) is 57.2 Å². The van der Waals surface area contributed by atoms with Crippen LogP contribution in [-0.4, -0.2) is 54.5 Å². The zero-order chi connectivity index (χ0) is 29.9. The SMILES string of the molecule is COc1cccc(CN(C(=O)COc2ccc([N+](=O)[O-])c(OC)c2)C(Cc2ccccc2)C(=O)NC2CCCCC2)c1. The lowest BCUT2D eigenvalue weighted by Crippen LogP contribution is -2.53. The smallest absolute Gasteiger partial charge is 0.311 e. The molecule has 1 saturated carbocycles. The van der Waals surface area contributed by atoms with Crippen molar-refractivity contribution >= 4 is 17.5 Å². The number of nitrogens with one attached hydrogen (secondary N) is 1. The number of hydrogen-bond donors (Lipinski definition) is 1. The molecule has 2 amide bonds. The van der Waals surface area contributed by atoms with Crippen molar-refractivity contribution in [1.82, 2.24) is 10.2 Å². The highest BCUT2D eigenvalue weighted by atomic mass is 16.6. The molecule has 1 N–H and O–H groups in total. The first-order valence-corrected chi connectivity index (χ1v) is 14.1. The van der Waals surface area contributed by atoms with Crippen LogP contribution >= 0.6 is 0 Å². The molecule has 0 radical (unpaired) electrons. The molecule has 3 aromatic rings. The van der Waals surface area contributed by atoms with Gasteiger partial charge in [-0.2, -0.15) is 0 Å². The standard InChI is InChI=1S/C32H37N3O7/c1-40-26-15-9-12-24(18-26)21-34(31(36)22-42-27-16-17-28(35(38)39)30(20-27)41-2)29(19-23-10-5-3-6-11-23)32(37)33-25-13-7-4-8-14-25/h3,5-6,9-12,15-18,20,25,29H,4,7-8,13-14,19,21-22H2,1-2H3,(H,33,37). The summed E-state index contributed by atoms with van der Waals surface area (Å²) < 4.78 is 16.3. The molecule has 10 nitrogen and oxygen atoms in total. The zero-order valence-corrected chi connectivity index (χ0v) is 24.0. The Bertz CT molecular complexity index is 1360. The summed E-state index contributed by atoms with van der Waals surface area (Å²) in [5.74, 6) is 0.277. The molecule has 0 aromatic heterocycles. The summed E-state index contributed by atoms with van der Waals surface area (Å²) >= 11 is 0. The summed E-state index contributed by atoms with van der Waals surface area (Å²) in [5, 5.41) is 14.5. The van der Waals surface area contributed by atoms with Gasteiger partial charge in [-0.05, 0) is 42.2 Å². The molecule has 1 aliphatic rings. The fraction of sp³-hybridized carbons (Fsp3) is 0.375. The number of nitrogens with zero attached hydrogens (tertiary/aromatic N) is 2. The van der Waals surface area contributed by atoms with Crippen molar-refractivity contribution in [3.8, 4) is 17.2 Å². The predicted octanol–water partition coefficient (Wildman–Crippen LogP) is 5.08. The minimum Gasteiger partial charge on any atom is -0.497 e. The van der Waals surface area contributed by atoms with Crippen LogP contribution in [0.4, 0.5) is 5.69 Å². The van der Waals surface area contributed by atoms with Crippen LogP contribution in [0.2, 0.25) is 0 Å². The second kappa shape index (κ2) is 14.9. The number of carbonyl (C=O) groups is 2. The fourth-order valence-corrected chi connectivity index (χ4v) is 5.19. The summed E-state index contributed by atoms with van der Waals surface area (Å²) in [4.78, 5) is 40.0. The Hall–Kier alpha value is -4.60. The molecule has 0 aliphatic heterocycles. The zero-order valence-electron chi connectivity index (χ0n) is 24.0. The van der Waals surface area contributed by atoms with Crippen LogP contribution in [0.5, 0.6) is 17.2 Å². The molecule has 42 heavy (non-hydrogen) atoms. The van der Waals surface area contributed by atoms with Gasteiger partial charge in [0.05, 0.1) is 19.1 Å². The first-order chi connectivity index (χ1) is 20.4. The second-order valence-electron chi connectivity index (χ2n) is 10.3. The summed E-state index contributed by atoms with van der Waals surface area (Å²) in [7, 11) is 2.90. The highest BCUT2D eigenvalue weighted by Gasteiger charge is 2.32. The molecule has 222 valence electrons. The third-order valence-corrected chi connectivity index (χ3v) is 7.42. The third kappa shape index (κ3) is 8.22. The number of rotatable bonds is 13. The third-order valence-electron chi connectivity index (χ3n) is 7.42. The highest BCUT2D eigenvalue weighted by molar-refractivity contribution is 5.88. The maximum Gasteiger partial charge on any atom is 0.311 e. The lowest BCUT2D eigenvalue weighted by atomic mass is 9.94. The van der Waals surface area contributed by atoms with Gasteiger partial charge >= 0.3 is 5.69 Å². The van der Waals surface area contributed by atoms with E-state index in [1.54, 1.807) is 12.0 Å². The van der Waals surface area contributed by atoms with Crippen LogP contribution < -0.4 is 19.5 Å². The van der Waals surface area contributed by atoms with Gasteiger partial charge in [0.1, 0.15) is 17.5 Å². The first-order valence-electron chi connectivity index (χ1n) is 14.1. The minimum absolute atomic E-state index is 0.0204. The summed E-state index contributed by atoms with van der Waals surface area (Å²) in [5.41, 5.74) is 1.51. The van der Waals surface area contributed by atoms with E-state index in [1.807, 2.05) is 54.6 Å². The van der Waals surface area contributed by atoms with Gasteiger partial charge in [0, 0.05) is 31.1 Å². The van der Waals surface area contributed by atoms with Gasteiger partial charge < -0.3 is 24.4 Å². The lowest BCUT2D eigenvalue weighted by molar-refractivity contribution is -0.385. The number of nitro groups is 1. The molecule has 1 aliphatic carbocycles. The van der Waals surface area contributed by atoms with E-state index in [0.717, 1.165) is 43.2 Å². The van der Waals surface area contributed by atoms with E-state index in [2.05, 4.69) is 5.32 Å². The minimum atomic E-state index is -0.803. The molecule has 10 heteroatoms. The first kappa shape index (κ1) is 30.4. The monoisotopic (exact) mass is 575 g/mol. The number of methoxy groups -OCH3 is 2. The predicted molar refractivity (Wildman–Crippen MR) is 158 cm³/mol. The average molecular weight is 576 g/mol. The van der Waals surface area contributed by atoms with Crippen LogP contribution in [0.25, 0.3) is 0 Å². The summed E-state index contributed by atoms with van der Waals surface area (Å²) in [6.45, 7) is -0.231. The van der Waals surface area contributed by atoms with Gasteiger partial charge in [-0.1, -0.05) is 61.7 Å². The summed E-state index contributed by atoms with van der Waals surface area (Å²) in [6.07, 6.45) is 5.43. The van der Waals surface area contributed by atoms with Gasteiger partial charge in [0.25, 0.3) is 5.91 Å². The number of hydrogen-bond acceptors (Lipinski definition) is 7. The Morgan fingerprint density at radius 3 is 2.36 bits per heavy atom. The molecule has 1 fully saturated rings. The Morgan fingerprint density at radius 1 is 0.929 bits per heavy atom. The molecule has 0 bridgehead atoms. The summed E-state index contributed by atoms with van der Waals surface area (Å²) in [6, 6.07) is 20.3. The van der Waals surface area contributed by atoms with Crippen LogP contribution in [0, 0.1) is 10.1 Å². The van der Waals surface area contributed by atoms with Crippen LogP contribution in [0.15, 0.2) is 72.8 Å². The Balaban J connectivity index is 1.63. The topological polar surface area (TPSA) is 120 Å². The Morgan fingerprint density at radius 2 is 1.67 bits per heavy atom. The maximum atomic E-state index is 13.9. The van der Waals surface area contributed by atoms with Crippen molar-refractivity contribution in [1.29, 1.82) is 0 Å². The van der Waals surface area contributed by atoms with Gasteiger partial charge in [-0.25, -0.2) is 0 Å². The number of nitro benzene ring substituents is 1. The molecule has 0 saturated heterocycles. The molecule has 0 heterocycles. The van der Waals surface area contributed by atoms with Crippen LogP contribution in [0.1, 0.15) is 43.2 Å². The Labute approximate surface area is 245 Å². The second-order valence-corrected chi connectivity index (χ2v) is 10.3. The lowest BCUT2D eigenvalue weighted by Gasteiger charge is -2.33. The quantitative estimate of drug-likeness (QED) is 0.223. The highest BCUT2D eigenvalue weighted by Crippen LogP contribution is 2.31. The van der Waals surface area contributed by atoms with Gasteiger partial charge in [0.2, 0.25) is 11.7 Å². The van der Waals surface area contributed by atoms with Gasteiger partial charge in [-0.3, -0.25) is 19.7 Å². The molecular weight excluding hydrogens is 538 g/mol. The van der Waals surface area contributed by atoms with Crippen molar-refractivity contribution in [2.24, 2.45) is 0 Å². The van der Waals surface area contributed by atoms with Crippen molar-refractivity contribution in [3.63, 3.8) is 0 Å². The van der Waals surface area contributed by atoms with Crippen molar-refractivity contribution < 1.29 is 28.7 Å².